The highest BCUT2D eigenvalue weighted by atomic mass is 16.5. The largest absolute Gasteiger partial charge is 0.494 e. The maximum absolute atomic E-state index is 13.4. The van der Waals surface area contributed by atoms with Crippen LogP contribution in [0.5, 0.6) is 11.5 Å². The molecule has 0 saturated carbocycles. The van der Waals surface area contributed by atoms with E-state index in [2.05, 4.69) is 18.3 Å². The molecule has 1 unspecified atom stereocenters. The predicted molar refractivity (Wildman–Crippen MR) is 124 cm³/mol. The lowest BCUT2D eigenvalue weighted by molar-refractivity contribution is -0.116. The number of rotatable bonds is 6. The van der Waals surface area contributed by atoms with Gasteiger partial charge < -0.3 is 14.8 Å². The highest BCUT2D eigenvalue weighted by Crippen LogP contribution is 2.33. The molecule has 0 aliphatic carbocycles. The second-order valence-electron chi connectivity index (χ2n) is 7.63. The van der Waals surface area contributed by atoms with Gasteiger partial charge in [0.1, 0.15) is 11.5 Å². The molecule has 1 aliphatic heterocycles. The molecule has 158 valence electrons. The Bertz CT molecular complexity index is 1070. The van der Waals surface area contributed by atoms with Gasteiger partial charge >= 0.3 is 0 Å². The highest BCUT2D eigenvalue weighted by molar-refractivity contribution is 6.24. The number of aryl methyl sites for hydroxylation is 1. The summed E-state index contributed by atoms with van der Waals surface area (Å²) in [6, 6.07) is 23.6. The molecule has 0 fully saturated rings. The Morgan fingerprint density at radius 3 is 2.61 bits per heavy atom. The third-order valence-corrected chi connectivity index (χ3v) is 5.34. The lowest BCUT2D eigenvalue weighted by atomic mass is 9.97. The Morgan fingerprint density at radius 2 is 1.87 bits per heavy atom. The van der Waals surface area contributed by atoms with Crippen LogP contribution in [-0.2, 0) is 4.79 Å². The number of ether oxygens (including phenoxy) is 2. The topological polar surface area (TPSA) is 47.6 Å². The maximum atomic E-state index is 13.4. The summed E-state index contributed by atoms with van der Waals surface area (Å²) in [5.74, 6) is 1.57. The summed E-state index contributed by atoms with van der Waals surface area (Å²) in [6.07, 6.45) is 2.67. The molecule has 0 bridgehead atoms. The van der Waals surface area contributed by atoms with E-state index in [-0.39, 0.29) is 11.9 Å². The minimum absolute atomic E-state index is 0.0800. The van der Waals surface area contributed by atoms with Crippen molar-refractivity contribution in [2.45, 2.75) is 26.3 Å². The molecule has 31 heavy (non-hydrogen) atoms. The zero-order valence-corrected chi connectivity index (χ0v) is 17.9. The van der Waals surface area contributed by atoms with Crippen molar-refractivity contribution >= 4 is 17.6 Å². The van der Waals surface area contributed by atoms with Crippen LogP contribution in [0, 0.1) is 6.92 Å². The molecule has 1 amide bonds. The van der Waals surface area contributed by atoms with Gasteiger partial charge in [-0.2, -0.15) is 0 Å². The third-order valence-electron chi connectivity index (χ3n) is 5.34. The number of hydrogen-bond acceptors (Lipinski definition) is 3. The van der Waals surface area contributed by atoms with E-state index in [9.17, 15) is 4.79 Å². The average Bonchev–Trinajstić information content (AvgIpc) is 2.79. The van der Waals surface area contributed by atoms with Crippen molar-refractivity contribution < 1.29 is 14.3 Å². The van der Waals surface area contributed by atoms with Crippen molar-refractivity contribution in [3.63, 3.8) is 0 Å². The Morgan fingerprint density at radius 1 is 1.10 bits per heavy atom. The first-order valence-corrected chi connectivity index (χ1v) is 10.7. The van der Waals surface area contributed by atoms with Gasteiger partial charge in [0.15, 0.2) is 0 Å². The Labute approximate surface area is 183 Å². The lowest BCUT2D eigenvalue weighted by Crippen LogP contribution is -2.32. The third kappa shape index (κ3) is 4.97. The van der Waals surface area contributed by atoms with E-state index in [0.717, 1.165) is 40.2 Å². The van der Waals surface area contributed by atoms with Crippen molar-refractivity contribution in [1.29, 1.82) is 0 Å². The molecule has 1 N–H and O–H groups in total. The van der Waals surface area contributed by atoms with E-state index < -0.39 is 0 Å². The summed E-state index contributed by atoms with van der Waals surface area (Å²) < 4.78 is 11.3. The summed E-state index contributed by atoms with van der Waals surface area (Å²) in [4.78, 5) is 13.4. The normalized spacial score (nSPS) is 15.5. The van der Waals surface area contributed by atoms with Crippen LogP contribution in [0.15, 0.2) is 72.8 Å². The summed E-state index contributed by atoms with van der Waals surface area (Å²) in [6.45, 7) is 5.22. The Balaban J connectivity index is 1.64. The van der Waals surface area contributed by atoms with Crippen molar-refractivity contribution in [3.8, 4) is 11.5 Å². The van der Waals surface area contributed by atoms with Crippen LogP contribution in [0.1, 0.15) is 41.6 Å². The zero-order valence-electron chi connectivity index (χ0n) is 17.9. The van der Waals surface area contributed by atoms with Crippen LogP contribution in [-0.4, -0.2) is 19.1 Å². The molecule has 0 aromatic heterocycles. The van der Waals surface area contributed by atoms with Gasteiger partial charge in [0, 0.05) is 17.6 Å². The number of hydrogen-bond donors (Lipinski definition) is 1. The molecule has 3 aromatic rings. The SMILES string of the molecule is CCOc1ccc(/C=C(/C(=O)NC2CCOc3ccc(C)cc32)c2ccccc2)cc1. The number of nitrogens with one attached hydrogen (secondary N) is 1. The highest BCUT2D eigenvalue weighted by Gasteiger charge is 2.24. The van der Waals surface area contributed by atoms with Gasteiger partial charge in [-0.1, -0.05) is 60.2 Å². The van der Waals surface area contributed by atoms with Crippen molar-refractivity contribution in [2.24, 2.45) is 0 Å². The molecular formula is C27H27NO3. The van der Waals surface area contributed by atoms with Crippen LogP contribution in [0.25, 0.3) is 11.6 Å². The molecule has 1 atom stereocenters. The fourth-order valence-corrected chi connectivity index (χ4v) is 3.79. The minimum Gasteiger partial charge on any atom is -0.494 e. The monoisotopic (exact) mass is 413 g/mol. The predicted octanol–water partition coefficient (Wildman–Crippen LogP) is 5.57. The smallest absolute Gasteiger partial charge is 0.252 e. The molecular weight excluding hydrogens is 386 g/mol. The first kappa shape index (κ1) is 20.7. The second-order valence-corrected chi connectivity index (χ2v) is 7.63. The van der Waals surface area contributed by atoms with E-state index >= 15 is 0 Å². The number of fused-ring (bicyclic) bond motifs is 1. The van der Waals surface area contributed by atoms with E-state index in [1.54, 1.807) is 0 Å². The lowest BCUT2D eigenvalue weighted by Gasteiger charge is -2.27. The standard InChI is InChI=1S/C27H27NO3/c1-3-30-22-12-10-20(11-13-22)18-23(21-7-5-4-6-8-21)27(29)28-25-15-16-31-26-14-9-19(2)17-24(25)26/h4-14,17-18,25H,3,15-16H2,1-2H3,(H,28,29)/b23-18+. The molecule has 0 radical (unpaired) electrons. The zero-order chi connectivity index (χ0) is 21.6. The van der Waals surface area contributed by atoms with E-state index in [1.807, 2.05) is 79.7 Å². The van der Waals surface area contributed by atoms with Gasteiger partial charge in [0.25, 0.3) is 5.91 Å². The van der Waals surface area contributed by atoms with Gasteiger partial charge in [0.05, 0.1) is 19.3 Å². The second kappa shape index (κ2) is 9.52. The minimum atomic E-state index is -0.0977. The van der Waals surface area contributed by atoms with Gasteiger partial charge in [-0.25, -0.2) is 0 Å². The summed E-state index contributed by atoms with van der Waals surface area (Å²) >= 11 is 0. The molecule has 0 saturated heterocycles. The van der Waals surface area contributed by atoms with E-state index in [1.165, 1.54) is 0 Å². The molecule has 3 aromatic carbocycles. The van der Waals surface area contributed by atoms with Gasteiger partial charge in [-0.05, 0) is 49.2 Å². The number of benzene rings is 3. The molecule has 1 aliphatic rings. The Kier molecular flexibility index (Phi) is 6.37. The van der Waals surface area contributed by atoms with E-state index in [4.69, 9.17) is 9.47 Å². The molecule has 4 nitrogen and oxygen atoms in total. The van der Waals surface area contributed by atoms with Crippen LogP contribution < -0.4 is 14.8 Å². The molecule has 4 rings (SSSR count). The Hall–Kier alpha value is -3.53. The molecule has 4 heteroatoms. The maximum Gasteiger partial charge on any atom is 0.252 e. The van der Waals surface area contributed by atoms with Crippen molar-refractivity contribution in [3.05, 3.63) is 95.1 Å². The first-order chi connectivity index (χ1) is 15.1. The summed E-state index contributed by atoms with van der Waals surface area (Å²) in [7, 11) is 0. The van der Waals surface area contributed by atoms with Crippen LogP contribution in [0.2, 0.25) is 0 Å². The summed E-state index contributed by atoms with van der Waals surface area (Å²) in [5.41, 5.74) is 4.64. The van der Waals surface area contributed by atoms with Crippen LogP contribution in [0.3, 0.4) is 0 Å². The fourth-order valence-electron chi connectivity index (χ4n) is 3.79. The summed E-state index contributed by atoms with van der Waals surface area (Å²) in [5, 5.41) is 3.24. The van der Waals surface area contributed by atoms with Crippen LogP contribution in [0.4, 0.5) is 0 Å². The average molecular weight is 414 g/mol. The molecule has 0 spiro atoms. The number of carbonyl (C=O) groups is 1. The van der Waals surface area contributed by atoms with E-state index in [0.29, 0.717) is 18.8 Å². The molecule has 1 heterocycles. The van der Waals surface area contributed by atoms with Gasteiger partial charge in [0.2, 0.25) is 0 Å². The fraction of sp³-hybridized carbons (Fsp3) is 0.222. The number of amides is 1. The van der Waals surface area contributed by atoms with Crippen LogP contribution >= 0.6 is 0 Å². The van der Waals surface area contributed by atoms with Crippen molar-refractivity contribution in [1.82, 2.24) is 5.32 Å². The first-order valence-electron chi connectivity index (χ1n) is 10.7. The van der Waals surface area contributed by atoms with Crippen molar-refractivity contribution in [2.75, 3.05) is 13.2 Å². The van der Waals surface area contributed by atoms with Gasteiger partial charge in [-0.3, -0.25) is 4.79 Å². The van der Waals surface area contributed by atoms with Gasteiger partial charge in [-0.15, -0.1) is 0 Å². The quantitative estimate of drug-likeness (QED) is 0.424. The number of carbonyl (C=O) groups excluding carboxylic acids is 1.